The molecule has 0 aliphatic carbocycles. The Morgan fingerprint density at radius 3 is 2.93 bits per heavy atom. The number of carbonyl (C=O) groups is 1. The summed E-state index contributed by atoms with van der Waals surface area (Å²) in [6.45, 7) is 0. The van der Waals surface area contributed by atoms with Crippen molar-refractivity contribution in [2.75, 3.05) is 14.2 Å². The first-order valence-corrected chi connectivity index (χ1v) is 4.42. The zero-order valence-electron chi connectivity index (χ0n) is 8.64. The number of hydrogen-bond donors (Lipinski definition) is 1. The number of aliphatic hydroxyl groups is 1. The van der Waals surface area contributed by atoms with E-state index in [2.05, 4.69) is 9.72 Å². The Bertz CT molecular complexity index is 340. The maximum atomic E-state index is 10.9. The third kappa shape index (κ3) is 3.21. The number of pyridine rings is 1. The molecule has 82 valence electrons. The van der Waals surface area contributed by atoms with Crippen molar-refractivity contribution in [1.82, 2.24) is 4.98 Å². The molecule has 15 heavy (non-hydrogen) atoms. The van der Waals surface area contributed by atoms with Crippen LogP contribution in [-0.2, 0) is 9.53 Å². The maximum Gasteiger partial charge on any atom is 0.308 e. The molecule has 0 saturated carbocycles. The minimum Gasteiger partial charge on any atom is -0.497 e. The molecule has 0 bridgehead atoms. The highest BCUT2D eigenvalue weighted by Crippen LogP contribution is 2.19. The van der Waals surface area contributed by atoms with Gasteiger partial charge in [0.1, 0.15) is 11.9 Å². The molecular weight excluding hydrogens is 198 g/mol. The largest absolute Gasteiger partial charge is 0.497 e. The monoisotopic (exact) mass is 211 g/mol. The summed E-state index contributed by atoms with van der Waals surface area (Å²) in [5, 5.41) is 9.62. The summed E-state index contributed by atoms with van der Waals surface area (Å²) in [4.78, 5) is 14.8. The molecule has 1 heterocycles. The molecule has 0 aliphatic rings. The summed E-state index contributed by atoms with van der Waals surface area (Å²) in [6.07, 6.45) is 0.429. The molecule has 0 fully saturated rings. The fraction of sp³-hybridized carbons (Fsp3) is 0.400. The van der Waals surface area contributed by atoms with E-state index in [4.69, 9.17) is 4.74 Å². The summed E-state index contributed by atoms with van der Waals surface area (Å²) >= 11 is 0. The van der Waals surface area contributed by atoms with Crippen molar-refractivity contribution >= 4 is 5.97 Å². The number of ether oxygens (including phenoxy) is 2. The van der Waals surface area contributed by atoms with Gasteiger partial charge >= 0.3 is 5.97 Å². The first-order valence-electron chi connectivity index (χ1n) is 4.42. The van der Waals surface area contributed by atoms with Crippen LogP contribution in [0.25, 0.3) is 0 Å². The Labute approximate surface area is 87.7 Å². The van der Waals surface area contributed by atoms with Crippen molar-refractivity contribution in [1.29, 1.82) is 0 Å². The normalized spacial score (nSPS) is 11.9. The minimum absolute atomic E-state index is 0.114. The van der Waals surface area contributed by atoms with Crippen LogP contribution in [0, 0.1) is 0 Å². The molecule has 0 radical (unpaired) electrons. The highest BCUT2D eigenvalue weighted by molar-refractivity contribution is 5.69. The SMILES string of the molecule is COC(=O)C[C@@H](O)c1cc(OC)ccn1. The molecule has 1 rings (SSSR count). The molecule has 1 N–H and O–H groups in total. The summed E-state index contributed by atoms with van der Waals surface area (Å²) in [6, 6.07) is 3.24. The highest BCUT2D eigenvalue weighted by atomic mass is 16.5. The average Bonchev–Trinajstić information content (AvgIpc) is 2.28. The standard InChI is InChI=1S/C10H13NO4/c1-14-7-3-4-11-8(5-7)9(12)6-10(13)15-2/h3-5,9,12H,6H2,1-2H3/t9-/m1/s1. The minimum atomic E-state index is -0.965. The van der Waals surface area contributed by atoms with E-state index < -0.39 is 12.1 Å². The van der Waals surface area contributed by atoms with Gasteiger partial charge in [0.2, 0.25) is 0 Å². The number of hydrogen-bond acceptors (Lipinski definition) is 5. The molecular formula is C10H13NO4. The second-order valence-corrected chi connectivity index (χ2v) is 2.92. The van der Waals surface area contributed by atoms with Crippen LogP contribution < -0.4 is 4.74 Å². The van der Waals surface area contributed by atoms with E-state index in [0.29, 0.717) is 11.4 Å². The fourth-order valence-electron chi connectivity index (χ4n) is 1.08. The first kappa shape index (κ1) is 11.5. The Balaban J connectivity index is 2.72. The first-order chi connectivity index (χ1) is 7.17. The van der Waals surface area contributed by atoms with Gasteiger partial charge in [0.05, 0.1) is 26.3 Å². The summed E-state index contributed by atoms with van der Waals surface area (Å²) in [7, 11) is 2.79. The molecule has 0 aromatic carbocycles. The van der Waals surface area contributed by atoms with Crippen LogP contribution in [0.3, 0.4) is 0 Å². The summed E-state index contributed by atoms with van der Waals surface area (Å²) in [5.74, 6) is 0.107. The van der Waals surface area contributed by atoms with Crippen LogP contribution in [0.2, 0.25) is 0 Å². The van der Waals surface area contributed by atoms with E-state index in [1.165, 1.54) is 20.4 Å². The van der Waals surface area contributed by atoms with Gasteiger partial charge in [0, 0.05) is 12.3 Å². The smallest absolute Gasteiger partial charge is 0.308 e. The molecule has 0 unspecified atom stereocenters. The van der Waals surface area contributed by atoms with Gasteiger partial charge in [0.15, 0.2) is 0 Å². The van der Waals surface area contributed by atoms with Crippen LogP contribution in [0.5, 0.6) is 5.75 Å². The number of rotatable bonds is 4. The van der Waals surface area contributed by atoms with Gasteiger partial charge in [-0.3, -0.25) is 9.78 Å². The Hall–Kier alpha value is -1.62. The van der Waals surface area contributed by atoms with Crippen LogP contribution in [0.4, 0.5) is 0 Å². The lowest BCUT2D eigenvalue weighted by molar-refractivity contribution is -0.142. The molecule has 1 aromatic rings. The Morgan fingerprint density at radius 1 is 1.60 bits per heavy atom. The zero-order valence-corrected chi connectivity index (χ0v) is 8.64. The number of nitrogens with zero attached hydrogens (tertiary/aromatic N) is 1. The van der Waals surface area contributed by atoms with Crippen molar-refractivity contribution in [3.63, 3.8) is 0 Å². The topological polar surface area (TPSA) is 68.7 Å². The third-order valence-corrected chi connectivity index (χ3v) is 1.92. The average molecular weight is 211 g/mol. The van der Waals surface area contributed by atoms with Crippen molar-refractivity contribution < 1.29 is 19.4 Å². The summed E-state index contributed by atoms with van der Waals surface area (Å²) in [5.41, 5.74) is 0.389. The van der Waals surface area contributed by atoms with Gasteiger partial charge in [-0.15, -0.1) is 0 Å². The van der Waals surface area contributed by atoms with Gasteiger partial charge in [0.25, 0.3) is 0 Å². The van der Waals surface area contributed by atoms with Crippen molar-refractivity contribution in [3.8, 4) is 5.75 Å². The predicted octanol–water partition coefficient (Wildman–Crippen LogP) is 0.687. The maximum absolute atomic E-state index is 10.9. The Kier molecular flexibility index (Phi) is 4.05. The lowest BCUT2D eigenvalue weighted by Crippen LogP contribution is -2.09. The van der Waals surface area contributed by atoms with Crippen LogP contribution in [-0.4, -0.2) is 30.3 Å². The number of aliphatic hydroxyl groups excluding tert-OH is 1. The fourth-order valence-corrected chi connectivity index (χ4v) is 1.08. The number of methoxy groups -OCH3 is 2. The lowest BCUT2D eigenvalue weighted by Gasteiger charge is -2.09. The number of aromatic nitrogens is 1. The molecule has 0 spiro atoms. The van der Waals surface area contributed by atoms with Crippen molar-refractivity contribution in [2.24, 2.45) is 0 Å². The molecule has 1 atom stereocenters. The van der Waals surface area contributed by atoms with E-state index in [9.17, 15) is 9.90 Å². The van der Waals surface area contributed by atoms with Crippen molar-refractivity contribution in [3.05, 3.63) is 24.0 Å². The molecule has 5 nitrogen and oxygen atoms in total. The third-order valence-electron chi connectivity index (χ3n) is 1.92. The molecule has 0 saturated heterocycles. The van der Waals surface area contributed by atoms with Gasteiger partial charge in [-0.2, -0.15) is 0 Å². The number of esters is 1. The van der Waals surface area contributed by atoms with Crippen molar-refractivity contribution in [2.45, 2.75) is 12.5 Å². The molecule has 5 heteroatoms. The van der Waals surface area contributed by atoms with Gasteiger partial charge < -0.3 is 14.6 Å². The van der Waals surface area contributed by atoms with Crippen LogP contribution >= 0.6 is 0 Å². The van der Waals surface area contributed by atoms with Gasteiger partial charge in [-0.25, -0.2) is 0 Å². The predicted molar refractivity (Wildman–Crippen MR) is 52.4 cm³/mol. The van der Waals surface area contributed by atoms with Gasteiger partial charge in [-0.05, 0) is 6.07 Å². The van der Waals surface area contributed by atoms with E-state index >= 15 is 0 Å². The van der Waals surface area contributed by atoms with Gasteiger partial charge in [-0.1, -0.05) is 0 Å². The van der Waals surface area contributed by atoms with E-state index in [1.807, 2.05) is 0 Å². The van der Waals surface area contributed by atoms with E-state index in [-0.39, 0.29) is 6.42 Å². The van der Waals surface area contributed by atoms with Crippen LogP contribution in [0.1, 0.15) is 18.2 Å². The number of carbonyl (C=O) groups excluding carboxylic acids is 1. The van der Waals surface area contributed by atoms with Crippen LogP contribution in [0.15, 0.2) is 18.3 Å². The summed E-state index contributed by atoms with van der Waals surface area (Å²) < 4.78 is 9.41. The molecule has 0 amide bonds. The second kappa shape index (κ2) is 5.31. The second-order valence-electron chi connectivity index (χ2n) is 2.92. The lowest BCUT2D eigenvalue weighted by atomic mass is 10.1. The molecule has 0 aliphatic heterocycles. The van der Waals surface area contributed by atoms with E-state index in [1.54, 1.807) is 12.1 Å². The van der Waals surface area contributed by atoms with E-state index in [0.717, 1.165) is 0 Å². The molecule has 1 aromatic heterocycles. The quantitative estimate of drug-likeness (QED) is 0.742. The highest BCUT2D eigenvalue weighted by Gasteiger charge is 2.14. The zero-order chi connectivity index (χ0) is 11.3. The Morgan fingerprint density at radius 2 is 2.33 bits per heavy atom.